The van der Waals surface area contributed by atoms with E-state index in [1.165, 1.54) is 49.4 Å². The van der Waals surface area contributed by atoms with Crippen molar-refractivity contribution >= 4 is 5.91 Å². The summed E-state index contributed by atoms with van der Waals surface area (Å²) in [5.41, 5.74) is 8.37. The zero-order valence-electron chi connectivity index (χ0n) is 17.2. The Bertz CT molecular complexity index is 850. The average Bonchev–Trinajstić information content (AvgIpc) is 3.12. The van der Waals surface area contributed by atoms with Gasteiger partial charge in [0, 0.05) is 18.3 Å². The number of benzene rings is 1. The van der Waals surface area contributed by atoms with Gasteiger partial charge in [-0.05, 0) is 67.0 Å². The summed E-state index contributed by atoms with van der Waals surface area (Å²) < 4.78 is 5.86. The third-order valence-corrected chi connectivity index (χ3v) is 6.63. The number of nitrogens with zero attached hydrogens (tertiary/aromatic N) is 1. The van der Waals surface area contributed by atoms with E-state index >= 15 is 0 Å². The molecule has 3 unspecified atom stereocenters. The maximum Gasteiger partial charge on any atom is 0.250 e. The van der Waals surface area contributed by atoms with E-state index in [1.54, 1.807) is 12.1 Å². The van der Waals surface area contributed by atoms with Crippen molar-refractivity contribution in [3.8, 4) is 11.6 Å². The zero-order valence-corrected chi connectivity index (χ0v) is 17.2. The molecule has 5 heteroatoms. The molecule has 154 valence electrons. The Morgan fingerprint density at radius 2 is 2.07 bits per heavy atom. The molecule has 1 amide bonds. The van der Waals surface area contributed by atoms with Crippen LogP contribution in [0, 0.1) is 11.8 Å². The van der Waals surface area contributed by atoms with Crippen molar-refractivity contribution in [3.05, 3.63) is 53.2 Å². The Morgan fingerprint density at radius 1 is 1.21 bits per heavy atom. The van der Waals surface area contributed by atoms with Crippen molar-refractivity contribution in [3.63, 3.8) is 0 Å². The maximum atomic E-state index is 11.1. The normalized spacial score (nSPS) is 23.6. The molecule has 4 rings (SSSR count). The highest BCUT2D eigenvalue weighted by Gasteiger charge is 2.24. The van der Waals surface area contributed by atoms with Gasteiger partial charge in [-0.3, -0.25) is 4.79 Å². The Morgan fingerprint density at radius 3 is 2.83 bits per heavy atom. The van der Waals surface area contributed by atoms with E-state index in [9.17, 15) is 4.79 Å². The molecular weight excluding hydrogens is 362 g/mol. The lowest BCUT2D eigenvalue weighted by Gasteiger charge is -2.29. The van der Waals surface area contributed by atoms with E-state index in [0.29, 0.717) is 17.5 Å². The lowest BCUT2D eigenvalue weighted by molar-refractivity contribution is 0.1000. The van der Waals surface area contributed by atoms with E-state index < -0.39 is 5.91 Å². The Hall–Kier alpha value is -2.40. The first-order valence-electron chi connectivity index (χ1n) is 10.9. The van der Waals surface area contributed by atoms with Crippen molar-refractivity contribution in [2.45, 2.75) is 57.9 Å². The van der Waals surface area contributed by atoms with Gasteiger partial charge in [-0.2, -0.15) is 0 Å². The van der Waals surface area contributed by atoms with E-state index in [1.807, 2.05) is 6.07 Å². The molecule has 0 bridgehead atoms. The number of carbonyl (C=O) groups is 1. The van der Waals surface area contributed by atoms with Crippen LogP contribution >= 0.6 is 0 Å². The van der Waals surface area contributed by atoms with Gasteiger partial charge in [0.1, 0.15) is 5.75 Å². The highest BCUT2D eigenvalue weighted by atomic mass is 16.5. The summed E-state index contributed by atoms with van der Waals surface area (Å²) in [5.74, 6) is 2.52. The van der Waals surface area contributed by atoms with Crippen molar-refractivity contribution < 1.29 is 9.53 Å². The molecule has 1 saturated carbocycles. The quantitative estimate of drug-likeness (QED) is 0.710. The smallest absolute Gasteiger partial charge is 0.250 e. The number of rotatable bonds is 7. The van der Waals surface area contributed by atoms with Crippen LogP contribution in [0.25, 0.3) is 0 Å². The highest BCUT2D eigenvalue weighted by Crippen LogP contribution is 2.35. The molecule has 1 aromatic carbocycles. The number of fused-ring (bicyclic) bond motifs is 1. The number of nitrogens with two attached hydrogens (primary N) is 1. The summed E-state index contributed by atoms with van der Waals surface area (Å²) >= 11 is 0. The second-order valence-electron chi connectivity index (χ2n) is 8.57. The Kier molecular flexibility index (Phi) is 6.14. The van der Waals surface area contributed by atoms with E-state index in [4.69, 9.17) is 10.5 Å². The van der Waals surface area contributed by atoms with Crippen LogP contribution in [-0.4, -0.2) is 17.4 Å². The molecule has 0 radical (unpaired) electrons. The van der Waals surface area contributed by atoms with Gasteiger partial charge in [0.25, 0.3) is 0 Å². The monoisotopic (exact) mass is 393 g/mol. The molecule has 0 aliphatic heterocycles. The van der Waals surface area contributed by atoms with Gasteiger partial charge in [-0.1, -0.05) is 38.7 Å². The number of aryl methyl sites for hydroxylation is 1. The first-order chi connectivity index (χ1) is 14.1. The van der Waals surface area contributed by atoms with Crippen LogP contribution in [0.5, 0.6) is 11.6 Å². The van der Waals surface area contributed by atoms with Gasteiger partial charge in [-0.15, -0.1) is 0 Å². The third-order valence-electron chi connectivity index (χ3n) is 6.63. The highest BCUT2D eigenvalue weighted by molar-refractivity contribution is 5.92. The third kappa shape index (κ3) is 4.78. The standard InChI is InChI=1S/C24H31N3O2/c1-16-4-2-3-5-17(16)12-13-26-22-10-6-18-14-20(8-9-21(18)22)29-23-11-7-19(15-27-23)24(25)28/h7-9,11,14-17,22,26H,2-6,10,12-13H2,1H3,(H2,25,28). The fraction of sp³-hybridized carbons (Fsp3) is 0.500. The minimum Gasteiger partial charge on any atom is -0.439 e. The molecule has 0 spiro atoms. The van der Waals surface area contributed by atoms with Crippen molar-refractivity contribution in [1.29, 1.82) is 0 Å². The van der Waals surface area contributed by atoms with E-state index in [2.05, 4.69) is 29.4 Å². The number of aromatic nitrogens is 1. The molecular formula is C24H31N3O2. The van der Waals surface area contributed by atoms with Crippen LogP contribution in [0.1, 0.15) is 73.0 Å². The Labute approximate surface area is 173 Å². The molecule has 29 heavy (non-hydrogen) atoms. The molecule has 2 aromatic rings. The van der Waals surface area contributed by atoms with Crippen LogP contribution in [0.15, 0.2) is 36.5 Å². The van der Waals surface area contributed by atoms with E-state index in [0.717, 1.165) is 37.0 Å². The lowest BCUT2D eigenvalue weighted by Crippen LogP contribution is -2.25. The molecule has 2 aliphatic rings. The molecule has 1 heterocycles. The van der Waals surface area contributed by atoms with Crippen LogP contribution in [-0.2, 0) is 6.42 Å². The average molecular weight is 394 g/mol. The molecule has 0 saturated heterocycles. The number of hydrogen-bond acceptors (Lipinski definition) is 4. The first kappa shape index (κ1) is 19.9. The van der Waals surface area contributed by atoms with Gasteiger partial charge in [0.2, 0.25) is 11.8 Å². The van der Waals surface area contributed by atoms with Gasteiger partial charge in [0.05, 0.1) is 5.56 Å². The minimum atomic E-state index is -0.488. The molecule has 1 fully saturated rings. The van der Waals surface area contributed by atoms with Crippen molar-refractivity contribution in [2.75, 3.05) is 6.54 Å². The number of hydrogen-bond donors (Lipinski definition) is 2. The molecule has 5 nitrogen and oxygen atoms in total. The largest absolute Gasteiger partial charge is 0.439 e. The van der Waals surface area contributed by atoms with Gasteiger partial charge in [0.15, 0.2) is 0 Å². The number of ether oxygens (including phenoxy) is 1. The topological polar surface area (TPSA) is 77.2 Å². The Balaban J connectivity index is 1.33. The summed E-state index contributed by atoms with van der Waals surface area (Å²) in [4.78, 5) is 15.3. The van der Waals surface area contributed by atoms with Crippen LogP contribution in [0.2, 0.25) is 0 Å². The first-order valence-corrected chi connectivity index (χ1v) is 10.9. The number of nitrogens with one attached hydrogen (secondary N) is 1. The SMILES string of the molecule is CC1CCCCC1CCNC1CCc2cc(Oc3ccc(C(N)=O)cn3)ccc21. The second-order valence-corrected chi connectivity index (χ2v) is 8.57. The predicted molar refractivity (Wildman–Crippen MR) is 114 cm³/mol. The summed E-state index contributed by atoms with van der Waals surface area (Å²) in [6.45, 7) is 3.53. The van der Waals surface area contributed by atoms with Crippen LogP contribution in [0.3, 0.4) is 0 Å². The molecule has 2 aliphatic carbocycles. The fourth-order valence-corrected chi connectivity index (χ4v) is 4.84. The van der Waals surface area contributed by atoms with E-state index in [-0.39, 0.29) is 0 Å². The zero-order chi connectivity index (χ0) is 20.2. The van der Waals surface area contributed by atoms with Crippen LogP contribution < -0.4 is 15.8 Å². The van der Waals surface area contributed by atoms with Crippen molar-refractivity contribution in [2.24, 2.45) is 17.6 Å². The molecule has 1 aromatic heterocycles. The predicted octanol–water partition coefficient (Wildman–Crippen LogP) is 4.77. The summed E-state index contributed by atoms with van der Waals surface area (Å²) in [5, 5.41) is 3.79. The molecule has 3 N–H and O–H groups in total. The maximum absolute atomic E-state index is 11.1. The fourth-order valence-electron chi connectivity index (χ4n) is 4.84. The summed E-state index contributed by atoms with van der Waals surface area (Å²) in [7, 11) is 0. The van der Waals surface area contributed by atoms with Gasteiger partial charge in [-0.25, -0.2) is 4.98 Å². The second kappa shape index (κ2) is 8.95. The van der Waals surface area contributed by atoms with Gasteiger partial charge >= 0.3 is 0 Å². The van der Waals surface area contributed by atoms with Gasteiger partial charge < -0.3 is 15.8 Å². The summed E-state index contributed by atoms with van der Waals surface area (Å²) in [6.07, 6.45) is 10.6. The summed E-state index contributed by atoms with van der Waals surface area (Å²) in [6, 6.07) is 10.0. The number of pyridine rings is 1. The van der Waals surface area contributed by atoms with Crippen molar-refractivity contribution in [1.82, 2.24) is 10.3 Å². The number of carbonyl (C=O) groups excluding carboxylic acids is 1. The number of primary amides is 1. The molecule has 3 atom stereocenters. The van der Waals surface area contributed by atoms with Crippen LogP contribution in [0.4, 0.5) is 0 Å². The lowest BCUT2D eigenvalue weighted by atomic mass is 9.78. The minimum absolute atomic E-state index is 0.378. The number of amides is 1.